The van der Waals surface area contributed by atoms with Gasteiger partial charge in [0.1, 0.15) is 5.75 Å². The monoisotopic (exact) mass is 286 g/mol. The number of benzene rings is 1. The molecule has 0 atom stereocenters. The van der Waals surface area contributed by atoms with Crippen molar-refractivity contribution in [2.24, 2.45) is 5.73 Å². The summed E-state index contributed by atoms with van der Waals surface area (Å²) in [5.74, 6) is 0.641. The molecule has 0 aliphatic rings. The van der Waals surface area contributed by atoms with Crippen LogP contribution in [0.5, 0.6) is 5.75 Å². The lowest BCUT2D eigenvalue weighted by Gasteiger charge is -2.20. The van der Waals surface area contributed by atoms with Crippen LogP contribution in [0.4, 0.5) is 0 Å². The first-order valence-electron chi connectivity index (χ1n) is 6.38. The van der Waals surface area contributed by atoms with Crippen molar-refractivity contribution < 1.29 is 13.2 Å². The lowest BCUT2D eigenvalue weighted by molar-refractivity contribution is 0.413. The quantitative estimate of drug-likeness (QED) is 0.818. The van der Waals surface area contributed by atoms with Gasteiger partial charge < -0.3 is 10.5 Å². The van der Waals surface area contributed by atoms with E-state index < -0.39 is 10.0 Å². The smallest absolute Gasteiger partial charge is 0.243 e. The summed E-state index contributed by atoms with van der Waals surface area (Å²) in [4.78, 5) is 0.322. The van der Waals surface area contributed by atoms with Crippen LogP contribution in [-0.2, 0) is 16.4 Å². The highest BCUT2D eigenvalue weighted by Gasteiger charge is 2.24. The fourth-order valence-corrected chi connectivity index (χ4v) is 3.68. The predicted molar refractivity (Wildman–Crippen MR) is 75.9 cm³/mol. The van der Waals surface area contributed by atoms with Crippen LogP contribution >= 0.6 is 0 Å². The zero-order valence-electron chi connectivity index (χ0n) is 11.7. The molecule has 1 aromatic rings. The second-order valence-electron chi connectivity index (χ2n) is 4.10. The lowest BCUT2D eigenvalue weighted by Crippen LogP contribution is -2.31. The minimum Gasteiger partial charge on any atom is -0.497 e. The van der Waals surface area contributed by atoms with Crippen molar-refractivity contribution in [3.8, 4) is 5.75 Å². The van der Waals surface area contributed by atoms with Crippen molar-refractivity contribution in [1.82, 2.24) is 4.31 Å². The molecule has 0 saturated carbocycles. The van der Waals surface area contributed by atoms with Gasteiger partial charge >= 0.3 is 0 Å². The van der Waals surface area contributed by atoms with Crippen LogP contribution in [0.25, 0.3) is 0 Å². The molecule has 0 spiro atoms. The molecule has 6 heteroatoms. The van der Waals surface area contributed by atoms with Crippen LogP contribution in [0.1, 0.15) is 19.4 Å². The Bertz CT molecular complexity index is 511. The zero-order valence-corrected chi connectivity index (χ0v) is 12.5. The number of nitrogens with two attached hydrogens (primary N) is 1. The highest BCUT2D eigenvalue weighted by molar-refractivity contribution is 7.89. The maximum absolute atomic E-state index is 12.5. The van der Waals surface area contributed by atoms with Crippen molar-refractivity contribution >= 4 is 10.0 Å². The molecule has 0 bridgehead atoms. The third-order valence-corrected chi connectivity index (χ3v) is 5.15. The van der Waals surface area contributed by atoms with Gasteiger partial charge in [-0.3, -0.25) is 0 Å². The Morgan fingerprint density at radius 2 is 1.89 bits per heavy atom. The fourth-order valence-electron chi connectivity index (χ4n) is 1.99. The van der Waals surface area contributed by atoms with Gasteiger partial charge in [0, 0.05) is 13.1 Å². The number of hydrogen-bond acceptors (Lipinski definition) is 4. The Morgan fingerprint density at radius 1 is 1.26 bits per heavy atom. The first-order valence-corrected chi connectivity index (χ1v) is 7.82. The molecule has 19 heavy (non-hydrogen) atoms. The molecule has 1 rings (SSSR count). The number of nitrogens with zero attached hydrogens (tertiary/aromatic N) is 1. The van der Waals surface area contributed by atoms with E-state index >= 15 is 0 Å². The predicted octanol–water partition coefficient (Wildman–Crippen LogP) is 1.23. The SMILES string of the molecule is CCN(CC)S(=O)(=O)c1ccc(OC)cc1CCN. The zero-order chi connectivity index (χ0) is 14.5. The first-order chi connectivity index (χ1) is 9.01. The standard InChI is InChI=1S/C13H22N2O3S/c1-4-15(5-2)19(16,17)13-7-6-12(18-3)10-11(13)8-9-14/h6-7,10H,4-5,8-9,14H2,1-3H3. The average molecular weight is 286 g/mol. The van der Waals surface area contributed by atoms with Crippen molar-refractivity contribution in [2.45, 2.75) is 25.2 Å². The van der Waals surface area contributed by atoms with Crippen LogP contribution in [0.2, 0.25) is 0 Å². The molecular weight excluding hydrogens is 264 g/mol. The molecule has 2 N–H and O–H groups in total. The molecule has 0 fully saturated rings. The lowest BCUT2D eigenvalue weighted by atomic mass is 10.1. The van der Waals surface area contributed by atoms with Crippen molar-refractivity contribution in [1.29, 1.82) is 0 Å². The largest absolute Gasteiger partial charge is 0.497 e. The minimum absolute atomic E-state index is 0.322. The molecule has 0 saturated heterocycles. The number of ether oxygens (including phenoxy) is 1. The molecule has 0 aliphatic heterocycles. The maximum atomic E-state index is 12.5. The van der Waals surface area contributed by atoms with Crippen molar-refractivity contribution in [2.75, 3.05) is 26.7 Å². The molecular formula is C13H22N2O3S. The number of methoxy groups -OCH3 is 1. The third kappa shape index (κ3) is 3.46. The van der Waals surface area contributed by atoms with Gasteiger partial charge in [-0.1, -0.05) is 13.8 Å². The van der Waals surface area contributed by atoms with Gasteiger partial charge in [-0.05, 0) is 36.7 Å². The van der Waals surface area contributed by atoms with E-state index in [1.165, 1.54) is 4.31 Å². The van der Waals surface area contributed by atoms with Crippen LogP contribution < -0.4 is 10.5 Å². The number of hydrogen-bond donors (Lipinski definition) is 1. The van der Waals surface area contributed by atoms with Crippen molar-refractivity contribution in [3.63, 3.8) is 0 Å². The Hall–Kier alpha value is -1.11. The Kier molecular flexibility index (Phi) is 5.78. The molecule has 108 valence electrons. The summed E-state index contributed by atoms with van der Waals surface area (Å²) < 4.78 is 31.6. The Balaban J connectivity index is 3.32. The van der Waals surface area contributed by atoms with Gasteiger partial charge in [0.15, 0.2) is 0 Å². The molecule has 0 radical (unpaired) electrons. The van der Waals surface area contributed by atoms with E-state index in [-0.39, 0.29) is 0 Å². The van der Waals surface area contributed by atoms with Crippen LogP contribution in [-0.4, -0.2) is 39.5 Å². The second kappa shape index (κ2) is 6.88. The second-order valence-corrected chi connectivity index (χ2v) is 6.01. The summed E-state index contributed by atoms with van der Waals surface area (Å²) in [6.07, 6.45) is 0.507. The summed E-state index contributed by atoms with van der Waals surface area (Å²) >= 11 is 0. The molecule has 0 aliphatic carbocycles. The molecule has 0 amide bonds. The number of rotatable bonds is 7. The summed E-state index contributed by atoms with van der Waals surface area (Å²) in [6, 6.07) is 5.00. The maximum Gasteiger partial charge on any atom is 0.243 e. The fraction of sp³-hybridized carbons (Fsp3) is 0.538. The highest BCUT2D eigenvalue weighted by Crippen LogP contribution is 2.24. The molecule has 0 aromatic heterocycles. The van der Waals surface area contributed by atoms with Crippen LogP contribution in [0.15, 0.2) is 23.1 Å². The van der Waals surface area contributed by atoms with E-state index in [2.05, 4.69) is 0 Å². The number of sulfonamides is 1. The van der Waals surface area contributed by atoms with Gasteiger partial charge in [0.05, 0.1) is 12.0 Å². The van der Waals surface area contributed by atoms with Gasteiger partial charge in [0.2, 0.25) is 10.0 Å². The molecule has 1 aromatic carbocycles. The van der Waals surface area contributed by atoms with Gasteiger partial charge in [-0.15, -0.1) is 0 Å². The third-order valence-electron chi connectivity index (χ3n) is 3.00. The van der Waals surface area contributed by atoms with E-state index in [1.54, 1.807) is 25.3 Å². The van der Waals surface area contributed by atoms with Gasteiger partial charge in [0.25, 0.3) is 0 Å². The first kappa shape index (κ1) is 15.9. The summed E-state index contributed by atoms with van der Waals surface area (Å²) in [5.41, 5.74) is 6.26. The topological polar surface area (TPSA) is 72.6 Å². The van der Waals surface area contributed by atoms with E-state index in [0.29, 0.717) is 42.3 Å². The summed E-state index contributed by atoms with van der Waals surface area (Å²) in [7, 11) is -1.90. The Morgan fingerprint density at radius 3 is 2.37 bits per heavy atom. The summed E-state index contributed by atoms with van der Waals surface area (Å²) in [6.45, 7) is 4.95. The van der Waals surface area contributed by atoms with Crippen LogP contribution in [0, 0.1) is 0 Å². The van der Waals surface area contributed by atoms with E-state index in [1.807, 2.05) is 13.8 Å². The average Bonchev–Trinajstić information content (AvgIpc) is 2.39. The molecule has 0 heterocycles. The van der Waals surface area contributed by atoms with E-state index in [9.17, 15) is 8.42 Å². The van der Waals surface area contributed by atoms with Crippen molar-refractivity contribution in [3.05, 3.63) is 23.8 Å². The van der Waals surface area contributed by atoms with Gasteiger partial charge in [-0.25, -0.2) is 8.42 Å². The van der Waals surface area contributed by atoms with E-state index in [0.717, 1.165) is 0 Å². The highest BCUT2D eigenvalue weighted by atomic mass is 32.2. The normalized spacial score (nSPS) is 11.8. The Labute approximate surface area is 115 Å². The van der Waals surface area contributed by atoms with Crippen LogP contribution in [0.3, 0.4) is 0 Å². The molecule has 0 unspecified atom stereocenters. The van der Waals surface area contributed by atoms with Gasteiger partial charge in [-0.2, -0.15) is 4.31 Å². The van der Waals surface area contributed by atoms with E-state index in [4.69, 9.17) is 10.5 Å². The summed E-state index contributed by atoms with van der Waals surface area (Å²) in [5, 5.41) is 0. The molecule has 5 nitrogen and oxygen atoms in total. The minimum atomic E-state index is -3.46.